The van der Waals surface area contributed by atoms with Crippen LogP contribution in [0.15, 0.2) is 36.5 Å². The molecular formula is C17H17N5O. The number of hydrogen-bond acceptors (Lipinski definition) is 4. The van der Waals surface area contributed by atoms with Crippen molar-refractivity contribution in [3.63, 3.8) is 0 Å². The Hall–Kier alpha value is -2.86. The topological polar surface area (TPSA) is 104 Å². The van der Waals surface area contributed by atoms with Crippen LogP contribution >= 0.6 is 0 Å². The number of aromatic amines is 2. The van der Waals surface area contributed by atoms with Gasteiger partial charge in [0, 0.05) is 34.8 Å². The molecule has 0 radical (unpaired) electrons. The molecule has 23 heavy (non-hydrogen) atoms. The van der Waals surface area contributed by atoms with Crippen molar-refractivity contribution in [2.45, 2.75) is 12.8 Å². The first kappa shape index (κ1) is 13.8. The van der Waals surface area contributed by atoms with Crippen LogP contribution in [-0.2, 0) is 6.42 Å². The summed E-state index contributed by atoms with van der Waals surface area (Å²) in [5.74, 6) is 0.515. The van der Waals surface area contributed by atoms with Gasteiger partial charge in [0.15, 0.2) is 0 Å². The summed E-state index contributed by atoms with van der Waals surface area (Å²) in [6.07, 6.45) is 3.24. The van der Waals surface area contributed by atoms with E-state index in [1.165, 1.54) is 0 Å². The van der Waals surface area contributed by atoms with E-state index in [9.17, 15) is 0 Å². The number of nitrogens with two attached hydrogens (primary N) is 1. The lowest BCUT2D eigenvalue weighted by atomic mass is 10.1. The summed E-state index contributed by atoms with van der Waals surface area (Å²) in [6, 6.07) is 10.0. The largest absolute Gasteiger partial charge is 0.396 e. The van der Waals surface area contributed by atoms with Gasteiger partial charge in [0.2, 0.25) is 0 Å². The van der Waals surface area contributed by atoms with Gasteiger partial charge < -0.3 is 15.8 Å². The van der Waals surface area contributed by atoms with E-state index in [4.69, 9.17) is 10.8 Å². The lowest BCUT2D eigenvalue weighted by Crippen LogP contribution is -1.92. The number of nitrogens with zero attached hydrogens (tertiary/aromatic N) is 2. The predicted molar refractivity (Wildman–Crippen MR) is 91.0 cm³/mol. The van der Waals surface area contributed by atoms with E-state index in [1.54, 1.807) is 6.20 Å². The number of H-pyrrole nitrogens is 2. The highest BCUT2D eigenvalue weighted by Crippen LogP contribution is 2.31. The highest BCUT2D eigenvalue weighted by atomic mass is 16.2. The smallest absolute Gasteiger partial charge is 0.133 e. The summed E-state index contributed by atoms with van der Waals surface area (Å²) in [5.41, 5.74) is 11.0. The molecule has 0 fully saturated rings. The van der Waals surface area contributed by atoms with Crippen LogP contribution in [0.3, 0.4) is 0 Å². The number of nitrogen functional groups attached to an aromatic ring is 1. The number of anilines is 1. The molecule has 0 saturated heterocycles. The van der Waals surface area contributed by atoms with Crippen LogP contribution in [0.2, 0.25) is 0 Å². The lowest BCUT2D eigenvalue weighted by Gasteiger charge is -2.04. The maximum Gasteiger partial charge on any atom is 0.133 e. The van der Waals surface area contributed by atoms with Gasteiger partial charge in [-0.2, -0.15) is 5.10 Å². The Balaban J connectivity index is 1.89. The monoisotopic (exact) mass is 307 g/mol. The molecule has 4 aromatic rings. The van der Waals surface area contributed by atoms with Crippen molar-refractivity contribution in [1.82, 2.24) is 20.2 Å². The molecule has 6 heteroatoms. The second-order valence-corrected chi connectivity index (χ2v) is 5.61. The van der Waals surface area contributed by atoms with E-state index in [2.05, 4.69) is 20.2 Å². The van der Waals surface area contributed by atoms with Crippen LogP contribution < -0.4 is 5.73 Å². The van der Waals surface area contributed by atoms with Crippen LogP contribution in [0.1, 0.15) is 12.1 Å². The Bertz CT molecular complexity index is 972. The number of aliphatic hydroxyl groups excluding tert-OH is 1. The molecule has 4 rings (SSSR count). The van der Waals surface area contributed by atoms with Crippen molar-refractivity contribution < 1.29 is 5.11 Å². The second-order valence-electron chi connectivity index (χ2n) is 5.61. The number of nitrogens with one attached hydrogen (secondary N) is 2. The average molecular weight is 307 g/mol. The number of rotatable bonds is 4. The molecule has 0 unspecified atom stereocenters. The SMILES string of the molecule is Nc1nc2cc(-c3ccn[nH]3)ccc2c2[nH]c(CCCO)cc12. The van der Waals surface area contributed by atoms with E-state index >= 15 is 0 Å². The Kier molecular flexibility index (Phi) is 3.24. The van der Waals surface area contributed by atoms with Crippen LogP contribution in [0.25, 0.3) is 33.1 Å². The molecule has 5 N–H and O–H groups in total. The van der Waals surface area contributed by atoms with Gasteiger partial charge in [-0.3, -0.25) is 5.10 Å². The summed E-state index contributed by atoms with van der Waals surface area (Å²) < 4.78 is 0. The molecule has 0 aliphatic heterocycles. The summed E-state index contributed by atoms with van der Waals surface area (Å²) >= 11 is 0. The fraction of sp³-hybridized carbons (Fsp3) is 0.176. The molecule has 0 saturated carbocycles. The van der Waals surface area contributed by atoms with Crippen molar-refractivity contribution in [3.05, 3.63) is 42.2 Å². The highest BCUT2D eigenvalue weighted by Gasteiger charge is 2.11. The molecule has 116 valence electrons. The van der Waals surface area contributed by atoms with Crippen molar-refractivity contribution in [2.24, 2.45) is 0 Å². The number of hydrogen-bond donors (Lipinski definition) is 4. The molecule has 0 amide bonds. The van der Waals surface area contributed by atoms with Gasteiger partial charge in [-0.15, -0.1) is 0 Å². The third-order valence-electron chi connectivity index (χ3n) is 4.07. The zero-order chi connectivity index (χ0) is 15.8. The van der Waals surface area contributed by atoms with Gasteiger partial charge in [0.1, 0.15) is 5.82 Å². The van der Waals surface area contributed by atoms with Crippen molar-refractivity contribution >= 4 is 27.6 Å². The molecule has 0 aliphatic rings. The first-order chi connectivity index (χ1) is 11.3. The normalized spacial score (nSPS) is 11.5. The highest BCUT2D eigenvalue weighted by molar-refractivity contribution is 6.08. The van der Waals surface area contributed by atoms with E-state index in [0.717, 1.165) is 51.6 Å². The molecule has 6 nitrogen and oxygen atoms in total. The predicted octanol–water partition coefficient (Wildman–Crippen LogP) is 2.61. The molecular weight excluding hydrogens is 290 g/mol. The van der Waals surface area contributed by atoms with Gasteiger partial charge in [-0.25, -0.2) is 4.98 Å². The molecule has 0 spiro atoms. The maximum absolute atomic E-state index is 8.99. The molecule has 0 atom stereocenters. The number of aromatic nitrogens is 4. The molecule has 3 heterocycles. The first-order valence-electron chi connectivity index (χ1n) is 7.57. The summed E-state index contributed by atoms with van der Waals surface area (Å²) in [7, 11) is 0. The summed E-state index contributed by atoms with van der Waals surface area (Å²) in [6.45, 7) is 0.178. The standard InChI is InChI=1S/C17H17N5O/c18-17-13-9-11(2-1-7-23)20-16(13)12-4-3-10(8-15(12)21-17)14-5-6-19-22-14/h3-6,8-9,20,23H,1-2,7H2,(H2,18,21)(H,19,22). The van der Waals surface area contributed by atoms with E-state index in [-0.39, 0.29) is 6.61 Å². The molecule has 3 aromatic heterocycles. The van der Waals surface area contributed by atoms with Crippen LogP contribution in [0.4, 0.5) is 5.82 Å². The minimum atomic E-state index is 0.178. The van der Waals surface area contributed by atoms with Gasteiger partial charge in [0.05, 0.1) is 16.7 Å². The van der Waals surface area contributed by atoms with Gasteiger partial charge in [-0.1, -0.05) is 12.1 Å². The number of benzene rings is 1. The fourth-order valence-electron chi connectivity index (χ4n) is 2.94. The minimum absolute atomic E-state index is 0.178. The third-order valence-corrected chi connectivity index (χ3v) is 4.07. The van der Waals surface area contributed by atoms with Crippen molar-refractivity contribution in [1.29, 1.82) is 0 Å². The Labute approximate surface area is 132 Å². The van der Waals surface area contributed by atoms with Crippen LogP contribution in [0, 0.1) is 0 Å². The molecule has 0 bridgehead atoms. The maximum atomic E-state index is 8.99. The quantitative estimate of drug-likeness (QED) is 0.465. The number of pyridine rings is 1. The minimum Gasteiger partial charge on any atom is -0.396 e. The summed E-state index contributed by atoms with van der Waals surface area (Å²) in [4.78, 5) is 7.96. The van der Waals surface area contributed by atoms with Crippen LogP contribution in [-0.4, -0.2) is 31.9 Å². The fourth-order valence-corrected chi connectivity index (χ4v) is 2.94. The van der Waals surface area contributed by atoms with E-state index in [1.807, 2.05) is 30.3 Å². The third kappa shape index (κ3) is 2.33. The van der Waals surface area contributed by atoms with Crippen molar-refractivity contribution in [2.75, 3.05) is 12.3 Å². The van der Waals surface area contributed by atoms with Gasteiger partial charge >= 0.3 is 0 Å². The zero-order valence-electron chi connectivity index (χ0n) is 12.5. The molecule has 1 aromatic carbocycles. The van der Waals surface area contributed by atoms with E-state index < -0.39 is 0 Å². The first-order valence-corrected chi connectivity index (χ1v) is 7.57. The summed E-state index contributed by atoms with van der Waals surface area (Å²) in [5, 5.41) is 17.9. The molecule has 0 aliphatic carbocycles. The number of aliphatic hydroxyl groups is 1. The Morgan fingerprint density at radius 1 is 1.13 bits per heavy atom. The Morgan fingerprint density at radius 2 is 2.04 bits per heavy atom. The zero-order valence-corrected chi connectivity index (χ0v) is 12.5. The number of aryl methyl sites for hydroxylation is 1. The number of fused-ring (bicyclic) bond motifs is 3. The van der Waals surface area contributed by atoms with Crippen LogP contribution in [0.5, 0.6) is 0 Å². The van der Waals surface area contributed by atoms with Gasteiger partial charge in [-0.05, 0) is 31.0 Å². The van der Waals surface area contributed by atoms with E-state index in [0.29, 0.717) is 5.82 Å². The lowest BCUT2D eigenvalue weighted by molar-refractivity contribution is 0.288. The second kappa shape index (κ2) is 5.40. The van der Waals surface area contributed by atoms with Gasteiger partial charge in [0.25, 0.3) is 0 Å². The average Bonchev–Trinajstić information content (AvgIpc) is 3.22. The van der Waals surface area contributed by atoms with Crippen molar-refractivity contribution in [3.8, 4) is 11.3 Å². The Morgan fingerprint density at radius 3 is 2.83 bits per heavy atom.